The van der Waals surface area contributed by atoms with Gasteiger partial charge in [0.15, 0.2) is 0 Å². The summed E-state index contributed by atoms with van der Waals surface area (Å²) in [5.41, 5.74) is 1.20. The van der Waals surface area contributed by atoms with Gasteiger partial charge in [-0.1, -0.05) is 0 Å². The Morgan fingerprint density at radius 1 is 1.26 bits per heavy atom. The van der Waals surface area contributed by atoms with Crippen molar-refractivity contribution in [2.45, 2.75) is 6.42 Å². The van der Waals surface area contributed by atoms with E-state index in [1.54, 1.807) is 6.07 Å². The second kappa shape index (κ2) is 6.50. The highest BCUT2D eigenvalue weighted by Gasteiger charge is 2.19. The van der Waals surface area contributed by atoms with Crippen LogP contribution in [0.1, 0.15) is 12.0 Å². The third-order valence-corrected chi connectivity index (χ3v) is 3.42. The van der Waals surface area contributed by atoms with Gasteiger partial charge >= 0.3 is 0 Å². The standard InChI is InChI=1S/C14H18FN3O/c15-13-2-3-14(12(10-13)11-16)18-7-5-17(6-8-18)4-1-9-19/h2-3,10,19H,1,4-9H2. The van der Waals surface area contributed by atoms with Crippen LogP contribution in [0.25, 0.3) is 0 Å². The van der Waals surface area contributed by atoms with E-state index in [0.29, 0.717) is 5.56 Å². The van der Waals surface area contributed by atoms with Crippen molar-refractivity contribution in [3.63, 3.8) is 0 Å². The van der Waals surface area contributed by atoms with Crippen LogP contribution in [-0.4, -0.2) is 49.3 Å². The molecule has 1 heterocycles. The molecule has 1 aliphatic heterocycles. The summed E-state index contributed by atoms with van der Waals surface area (Å²) in [6.45, 7) is 4.58. The van der Waals surface area contributed by atoms with E-state index in [4.69, 9.17) is 10.4 Å². The fourth-order valence-electron chi connectivity index (χ4n) is 2.38. The third-order valence-electron chi connectivity index (χ3n) is 3.42. The number of halogens is 1. The van der Waals surface area contributed by atoms with E-state index in [0.717, 1.165) is 44.8 Å². The van der Waals surface area contributed by atoms with Crippen molar-refractivity contribution in [3.05, 3.63) is 29.6 Å². The highest BCUT2D eigenvalue weighted by atomic mass is 19.1. The van der Waals surface area contributed by atoms with Gasteiger partial charge in [0, 0.05) is 39.3 Å². The summed E-state index contributed by atoms with van der Waals surface area (Å²) in [4.78, 5) is 4.41. The molecule has 1 N–H and O–H groups in total. The first-order valence-corrected chi connectivity index (χ1v) is 6.52. The fraction of sp³-hybridized carbons (Fsp3) is 0.500. The highest BCUT2D eigenvalue weighted by molar-refractivity contribution is 5.59. The normalized spacial score (nSPS) is 16.4. The lowest BCUT2D eigenvalue weighted by Gasteiger charge is -2.36. The Bertz CT molecular complexity index is 464. The van der Waals surface area contributed by atoms with Crippen LogP contribution in [0.4, 0.5) is 10.1 Å². The third kappa shape index (κ3) is 3.43. The molecule has 0 unspecified atom stereocenters. The molecule has 0 spiro atoms. The minimum Gasteiger partial charge on any atom is -0.396 e. The number of hydrogen-bond acceptors (Lipinski definition) is 4. The predicted octanol–water partition coefficient (Wildman–Crippen LogP) is 1.20. The summed E-state index contributed by atoms with van der Waals surface area (Å²) in [5, 5.41) is 17.9. The molecule has 0 radical (unpaired) electrons. The van der Waals surface area contributed by atoms with Crippen molar-refractivity contribution < 1.29 is 9.50 Å². The van der Waals surface area contributed by atoms with Crippen molar-refractivity contribution in [2.75, 3.05) is 44.2 Å². The summed E-state index contributed by atoms with van der Waals surface area (Å²) < 4.78 is 13.1. The first kappa shape index (κ1) is 13.8. The van der Waals surface area contributed by atoms with Crippen LogP contribution in [0.2, 0.25) is 0 Å². The first-order chi connectivity index (χ1) is 9.24. The van der Waals surface area contributed by atoms with E-state index < -0.39 is 0 Å². The van der Waals surface area contributed by atoms with Gasteiger partial charge in [-0.3, -0.25) is 4.90 Å². The van der Waals surface area contributed by atoms with Gasteiger partial charge in [0.25, 0.3) is 0 Å². The Hall–Kier alpha value is -1.64. The van der Waals surface area contributed by atoms with E-state index in [-0.39, 0.29) is 12.4 Å². The average molecular weight is 263 g/mol. The lowest BCUT2D eigenvalue weighted by atomic mass is 10.1. The fourth-order valence-corrected chi connectivity index (χ4v) is 2.38. The van der Waals surface area contributed by atoms with Crippen LogP contribution in [-0.2, 0) is 0 Å². The molecule has 1 fully saturated rings. The van der Waals surface area contributed by atoms with Crippen molar-refractivity contribution in [3.8, 4) is 6.07 Å². The largest absolute Gasteiger partial charge is 0.396 e. The van der Waals surface area contributed by atoms with E-state index in [2.05, 4.69) is 15.9 Å². The number of aliphatic hydroxyl groups excluding tert-OH is 1. The molecule has 0 saturated carbocycles. The minimum atomic E-state index is -0.373. The Balaban J connectivity index is 2.00. The number of hydrogen-bond donors (Lipinski definition) is 1. The molecule has 0 amide bonds. The Morgan fingerprint density at radius 3 is 2.63 bits per heavy atom. The monoisotopic (exact) mass is 263 g/mol. The molecule has 0 aliphatic carbocycles. The van der Waals surface area contributed by atoms with Gasteiger partial charge in [-0.05, 0) is 24.6 Å². The highest BCUT2D eigenvalue weighted by Crippen LogP contribution is 2.22. The van der Waals surface area contributed by atoms with Crippen LogP contribution in [0.15, 0.2) is 18.2 Å². The maximum Gasteiger partial charge on any atom is 0.124 e. The van der Waals surface area contributed by atoms with Gasteiger partial charge in [-0.15, -0.1) is 0 Å². The molecule has 1 aromatic carbocycles. The number of aliphatic hydroxyl groups is 1. The molecule has 0 atom stereocenters. The van der Waals surface area contributed by atoms with Crippen LogP contribution in [0.5, 0.6) is 0 Å². The molecule has 5 heteroatoms. The first-order valence-electron chi connectivity index (χ1n) is 6.52. The maximum absolute atomic E-state index is 13.1. The Kier molecular flexibility index (Phi) is 4.72. The smallest absolute Gasteiger partial charge is 0.124 e. The topological polar surface area (TPSA) is 50.5 Å². The van der Waals surface area contributed by atoms with Crippen molar-refractivity contribution in [2.24, 2.45) is 0 Å². The molecule has 1 aliphatic rings. The number of nitrogens with zero attached hydrogens (tertiary/aromatic N) is 3. The quantitative estimate of drug-likeness (QED) is 0.887. The van der Waals surface area contributed by atoms with Gasteiger partial charge in [0.1, 0.15) is 11.9 Å². The minimum absolute atomic E-state index is 0.219. The molecule has 4 nitrogen and oxygen atoms in total. The van der Waals surface area contributed by atoms with Crippen LogP contribution in [0, 0.1) is 17.1 Å². The van der Waals surface area contributed by atoms with Gasteiger partial charge in [0.2, 0.25) is 0 Å². The summed E-state index contributed by atoms with van der Waals surface area (Å²) in [5.74, 6) is -0.373. The lowest BCUT2D eigenvalue weighted by Crippen LogP contribution is -2.47. The van der Waals surface area contributed by atoms with E-state index >= 15 is 0 Å². The summed E-state index contributed by atoms with van der Waals surface area (Å²) in [6.07, 6.45) is 0.792. The maximum atomic E-state index is 13.1. The Labute approximate surface area is 112 Å². The average Bonchev–Trinajstić information content (AvgIpc) is 2.45. The zero-order chi connectivity index (χ0) is 13.7. The summed E-state index contributed by atoms with van der Waals surface area (Å²) >= 11 is 0. The molecule has 19 heavy (non-hydrogen) atoms. The second-order valence-corrected chi connectivity index (χ2v) is 4.68. The summed E-state index contributed by atoms with van der Waals surface area (Å²) in [6, 6.07) is 6.41. The number of benzene rings is 1. The lowest BCUT2D eigenvalue weighted by molar-refractivity contribution is 0.216. The van der Waals surface area contributed by atoms with E-state index in [1.807, 2.05) is 0 Å². The zero-order valence-corrected chi connectivity index (χ0v) is 10.8. The molecular weight excluding hydrogens is 245 g/mol. The Morgan fingerprint density at radius 2 is 2.00 bits per heavy atom. The zero-order valence-electron chi connectivity index (χ0n) is 10.8. The van der Waals surface area contributed by atoms with Crippen molar-refractivity contribution in [1.29, 1.82) is 5.26 Å². The number of rotatable bonds is 4. The molecule has 102 valence electrons. The van der Waals surface area contributed by atoms with Gasteiger partial charge in [0.05, 0.1) is 11.3 Å². The molecule has 0 aromatic heterocycles. The SMILES string of the molecule is N#Cc1cc(F)ccc1N1CCN(CCCO)CC1. The van der Waals surface area contributed by atoms with Gasteiger partial charge < -0.3 is 10.0 Å². The predicted molar refractivity (Wildman–Crippen MR) is 71.5 cm³/mol. The molecular formula is C14H18FN3O. The summed E-state index contributed by atoms with van der Waals surface area (Å²) in [7, 11) is 0. The molecule has 2 rings (SSSR count). The van der Waals surface area contributed by atoms with Crippen molar-refractivity contribution in [1.82, 2.24) is 4.90 Å². The van der Waals surface area contributed by atoms with E-state index in [1.165, 1.54) is 12.1 Å². The number of nitriles is 1. The molecule has 1 saturated heterocycles. The van der Waals surface area contributed by atoms with Crippen LogP contribution < -0.4 is 4.90 Å². The van der Waals surface area contributed by atoms with Crippen LogP contribution in [0.3, 0.4) is 0 Å². The number of piperazine rings is 1. The van der Waals surface area contributed by atoms with Gasteiger partial charge in [-0.25, -0.2) is 4.39 Å². The number of anilines is 1. The van der Waals surface area contributed by atoms with Crippen molar-refractivity contribution >= 4 is 5.69 Å². The van der Waals surface area contributed by atoms with Crippen LogP contribution >= 0.6 is 0 Å². The molecule has 1 aromatic rings. The van der Waals surface area contributed by atoms with Gasteiger partial charge in [-0.2, -0.15) is 5.26 Å². The molecule has 0 bridgehead atoms. The van der Waals surface area contributed by atoms with E-state index in [9.17, 15) is 4.39 Å². The second-order valence-electron chi connectivity index (χ2n) is 4.68.